The van der Waals surface area contributed by atoms with Crippen molar-refractivity contribution >= 4 is 22.8 Å². The average molecular weight is 443 g/mol. The Hall–Kier alpha value is -4.20. The molecule has 8 nitrogen and oxygen atoms in total. The van der Waals surface area contributed by atoms with Crippen LogP contribution < -0.4 is 5.43 Å². The van der Waals surface area contributed by atoms with Crippen LogP contribution in [-0.2, 0) is 11.3 Å². The van der Waals surface area contributed by atoms with Crippen LogP contribution in [0.4, 0.5) is 0 Å². The summed E-state index contributed by atoms with van der Waals surface area (Å²) < 4.78 is 12.6. The molecule has 1 aliphatic rings. The summed E-state index contributed by atoms with van der Waals surface area (Å²) in [4.78, 5) is 44.4. The minimum absolute atomic E-state index is 0.0726. The summed E-state index contributed by atoms with van der Waals surface area (Å²) >= 11 is 0. The van der Waals surface area contributed by atoms with Gasteiger partial charge in [-0.15, -0.1) is 0 Å². The molecule has 0 aliphatic carbocycles. The summed E-state index contributed by atoms with van der Waals surface area (Å²) in [5.41, 5.74) is 1.60. The van der Waals surface area contributed by atoms with E-state index in [1.54, 1.807) is 66.0 Å². The summed E-state index contributed by atoms with van der Waals surface area (Å²) in [5.74, 6) is -0.698. The van der Waals surface area contributed by atoms with Gasteiger partial charge in [0, 0.05) is 25.5 Å². The molecule has 2 aromatic heterocycles. The van der Waals surface area contributed by atoms with Crippen LogP contribution in [0.5, 0.6) is 0 Å². The second-order valence-corrected chi connectivity index (χ2v) is 7.84. The molecule has 0 spiro atoms. The minimum Gasteiger partial charge on any atom is -0.465 e. The molecule has 1 unspecified atom stereocenters. The van der Waals surface area contributed by atoms with Gasteiger partial charge in [-0.2, -0.15) is 0 Å². The second-order valence-electron chi connectivity index (χ2n) is 7.84. The lowest BCUT2D eigenvalue weighted by Crippen LogP contribution is -2.31. The Bertz CT molecular complexity index is 1390. The van der Waals surface area contributed by atoms with E-state index < -0.39 is 12.0 Å². The van der Waals surface area contributed by atoms with Crippen LogP contribution >= 0.6 is 0 Å². The average Bonchev–Trinajstić information content (AvgIpc) is 3.46. The van der Waals surface area contributed by atoms with Crippen LogP contribution in [0.2, 0.25) is 0 Å². The van der Waals surface area contributed by atoms with Crippen molar-refractivity contribution in [3.05, 3.63) is 99.9 Å². The number of carbonyl (C=O) groups excluding carboxylic acids is 2. The maximum absolute atomic E-state index is 13.5. The SMILES string of the molecule is COC(=O)c1ccc(C2c3c(oc4ccccc4c3=O)C(=O)N2CCCn2ccnc2)cc1. The lowest BCUT2D eigenvalue weighted by atomic mass is 9.97. The van der Waals surface area contributed by atoms with Crippen LogP contribution in [0.3, 0.4) is 0 Å². The normalized spacial score (nSPS) is 15.1. The van der Waals surface area contributed by atoms with Gasteiger partial charge in [0.2, 0.25) is 5.76 Å². The fourth-order valence-corrected chi connectivity index (χ4v) is 4.31. The van der Waals surface area contributed by atoms with E-state index in [9.17, 15) is 14.4 Å². The van der Waals surface area contributed by atoms with Crippen LogP contribution in [-0.4, -0.2) is 40.0 Å². The van der Waals surface area contributed by atoms with Crippen LogP contribution in [0.1, 0.15) is 44.5 Å². The number of rotatable bonds is 6. The predicted octanol–water partition coefficient (Wildman–Crippen LogP) is 3.41. The smallest absolute Gasteiger partial charge is 0.337 e. The van der Waals surface area contributed by atoms with Crippen molar-refractivity contribution in [1.29, 1.82) is 0 Å². The summed E-state index contributed by atoms with van der Waals surface area (Å²) in [6, 6.07) is 13.1. The quantitative estimate of drug-likeness (QED) is 0.424. The largest absolute Gasteiger partial charge is 0.465 e. The number of aryl methyl sites for hydroxylation is 1. The molecule has 1 aliphatic heterocycles. The molecule has 166 valence electrons. The maximum atomic E-state index is 13.5. The number of imidazole rings is 1. The number of carbonyl (C=O) groups is 2. The molecule has 0 saturated heterocycles. The molecule has 0 saturated carbocycles. The molecule has 4 aromatic rings. The van der Waals surface area contributed by atoms with Crippen molar-refractivity contribution < 1.29 is 18.7 Å². The number of amides is 1. The first-order valence-corrected chi connectivity index (χ1v) is 10.6. The third kappa shape index (κ3) is 3.59. The summed E-state index contributed by atoms with van der Waals surface area (Å²) in [5, 5.41) is 0.431. The van der Waals surface area contributed by atoms with Crippen molar-refractivity contribution in [3.8, 4) is 0 Å². The van der Waals surface area contributed by atoms with Crippen molar-refractivity contribution in [2.45, 2.75) is 19.0 Å². The van der Waals surface area contributed by atoms with E-state index in [2.05, 4.69) is 4.98 Å². The van der Waals surface area contributed by atoms with E-state index in [1.165, 1.54) is 7.11 Å². The van der Waals surface area contributed by atoms with Gasteiger partial charge in [0.15, 0.2) is 5.43 Å². The van der Waals surface area contributed by atoms with Crippen LogP contribution in [0.25, 0.3) is 11.0 Å². The van der Waals surface area contributed by atoms with E-state index >= 15 is 0 Å². The molecule has 0 radical (unpaired) electrons. The lowest BCUT2D eigenvalue weighted by molar-refractivity contribution is 0.0600. The summed E-state index contributed by atoms with van der Waals surface area (Å²) in [6.45, 7) is 1.10. The van der Waals surface area contributed by atoms with Gasteiger partial charge in [-0.3, -0.25) is 9.59 Å². The third-order valence-electron chi connectivity index (χ3n) is 5.90. The number of nitrogens with zero attached hydrogens (tertiary/aromatic N) is 3. The second kappa shape index (κ2) is 8.38. The van der Waals surface area contributed by atoms with Gasteiger partial charge < -0.3 is 18.6 Å². The molecular formula is C25H21N3O5. The lowest BCUT2D eigenvalue weighted by Gasteiger charge is -2.25. The molecule has 0 fully saturated rings. The number of hydrogen-bond acceptors (Lipinski definition) is 6. The Morgan fingerprint density at radius 1 is 1.09 bits per heavy atom. The molecule has 1 atom stereocenters. The first kappa shape index (κ1) is 20.7. The Morgan fingerprint density at radius 2 is 1.88 bits per heavy atom. The maximum Gasteiger partial charge on any atom is 0.337 e. The van der Waals surface area contributed by atoms with E-state index in [-0.39, 0.29) is 17.1 Å². The van der Waals surface area contributed by atoms with Gasteiger partial charge in [-0.05, 0) is 36.2 Å². The Morgan fingerprint density at radius 3 is 2.61 bits per heavy atom. The monoisotopic (exact) mass is 443 g/mol. The van der Waals surface area contributed by atoms with E-state index in [4.69, 9.17) is 9.15 Å². The zero-order chi connectivity index (χ0) is 22.9. The topological polar surface area (TPSA) is 94.6 Å². The number of methoxy groups -OCH3 is 1. The van der Waals surface area contributed by atoms with Crippen molar-refractivity contribution in [2.24, 2.45) is 0 Å². The number of aromatic nitrogens is 2. The highest BCUT2D eigenvalue weighted by Crippen LogP contribution is 2.38. The standard InChI is InChI=1S/C25H21N3O5/c1-32-25(31)17-9-7-16(8-10-17)21-20-22(29)18-5-2-3-6-19(18)33-23(20)24(30)28(21)13-4-12-27-14-11-26-15-27/h2-3,5-11,14-15,21H,4,12-13H2,1H3. The first-order chi connectivity index (χ1) is 16.1. The highest BCUT2D eigenvalue weighted by molar-refractivity contribution is 5.99. The van der Waals surface area contributed by atoms with Crippen molar-refractivity contribution in [3.63, 3.8) is 0 Å². The Kier molecular flexibility index (Phi) is 5.26. The molecule has 0 N–H and O–H groups in total. The third-order valence-corrected chi connectivity index (χ3v) is 5.90. The van der Waals surface area contributed by atoms with E-state index in [0.29, 0.717) is 41.6 Å². The zero-order valence-electron chi connectivity index (χ0n) is 17.9. The van der Waals surface area contributed by atoms with E-state index in [0.717, 1.165) is 5.56 Å². The Balaban J connectivity index is 1.57. The van der Waals surface area contributed by atoms with Gasteiger partial charge >= 0.3 is 5.97 Å². The minimum atomic E-state index is -0.608. The molecular weight excluding hydrogens is 422 g/mol. The number of benzene rings is 2. The van der Waals surface area contributed by atoms with Gasteiger partial charge in [0.1, 0.15) is 5.58 Å². The molecule has 1 amide bonds. The van der Waals surface area contributed by atoms with Gasteiger partial charge in [0.25, 0.3) is 5.91 Å². The molecule has 5 rings (SSSR count). The number of ether oxygens (including phenoxy) is 1. The summed E-state index contributed by atoms with van der Waals surface area (Å²) in [7, 11) is 1.32. The van der Waals surface area contributed by atoms with Crippen LogP contribution in [0.15, 0.2) is 76.5 Å². The van der Waals surface area contributed by atoms with Gasteiger partial charge in [-0.1, -0.05) is 24.3 Å². The number of para-hydroxylation sites is 1. The predicted molar refractivity (Wildman–Crippen MR) is 120 cm³/mol. The van der Waals surface area contributed by atoms with Crippen molar-refractivity contribution in [1.82, 2.24) is 14.5 Å². The molecule has 8 heteroatoms. The highest BCUT2D eigenvalue weighted by atomic mass is 16.5. The first-order valence-electron chi connectivity index (χ1n) is 10.6. The van der Waals surface area contributed by atoms with Crippen LogP contribution in [0, 0.1) is 0 Å². The zero-order valence-corrected chi connectivity index (χ0v) is 17.9. The Labute approximate surface area is 189 Å². The molecule has 3 heterocycles. The van der Waals surface area contributed by atoms with Gasteiger partial charge in [0.05, 0.1) is 36.0 Å². The number of esters is 1. The van der Waals surface area contributed by atoms with Crippen molar-refractivity contribution in [2.75, 3.05) is 13.7 Å². The number of hydrogen-bond donors (Lipinski definition) is 0. The fourth-order valence-electron chi connectivity index (χ4n) is 4.31. The molecule has 0 bridgehead atoms. The number of fused-ring (bicyclic) bond motifs is 2. The fraction of sp³-hybridized carbons (Fsp3) is 0.200. The summed E-state index contributed by atoms with van der Waals surface area (Å²) in [6.07, 6.45) is 5.96. The van der Waals surface area contributed by atoms with Gasteiger partial charge in [-0.25, -0.2) is 9.78 Å². The highest BCUT2D eigenvalue weighted by Gasteiger charge is 2.42. The van der Waals surface area contributed by atoms with E-state index in [1.807, 2.05) is 10.8 Å². The molecule has 2 aromatic carbocycles. The molecule has 33 heavy (non-hydrogen) atoms.